The maximum atomic E-state index is 9.95. The minimum atomic E-state index is -0.399. The number of rotatable bonds is 4. The molecule has 0 radical (unpaired) electrons. The monoisotopic (exact) mass is 678 g/mol. The van der Waals surface area contributed by atoms with Gasteiger partial charge in [0.05, 0.1) is 8.22 Å². The normalized spacial score (nSPS) is 13.4. The molecule has 1 heteroatoms. The van der Waals surface area contributed by atoms with Gasteiger partial charge in [0.15, 0.2) is 0 Å². The smallest absolute Gasteiger partial charge is 0.143 e. The largest absolute Gasteiger partial charge is 0.455 e. The Morgan fingerprint density at radius 1 is 0.358 bits per heavy atom. The molecule has 0 spiro atoms. The Hall–Kier alpha value is -6.96. The molecule has 1 nitrogen and oxygen atoms in total. The van der Waals surface area contributed by atoms with Crippen molar-refractivity contribution in [2.45, 2.75) is 0 Å². The van der Waals surface area contributed by atoms with Crippen molar-refractivity contribution in [2.75, 3.05) is 0 Å². The van der Waals surface area contributed by atoms with Gasteiger partial charge in [0.25, 0.3) is 0 Å². The van der Waals surface area contributed by atoms with Gasteiger partial charge >= 0.3 is 0 Å². The van der Waals surface area contributed by atoms with Crippen LogP contribution in [-0.2, 0) is 0 Å². The summed E-state index contributed by atoms with van der Waals surface area (Å²) in [7, 11) is 0. The molecule has 11 aromatic rings. The number of para-hydroxylation sites is 1. The standard InChI is InChI=1S/C52H32O/c1-2-15-34(16-3-1)49-42-20-8-10-22-44(42)50(45-23-11-9-21-43(45)49)46-31-30-40(38-18-6-7-19-39(38)46)41-25-13-27-48-51(41)47-26-12-24-37(52(47)53-48)36-29-28-33-14-4-5-17-35(33)32-36/h1-32H/i6D,7D,18D,19D,30D,31D. The second kappa shape index (κ2) is 11.8. The first-order chi connectivity index (χ1) is 28.8. The van der Waals surface area contributed by atoms with Crippen molar-refractivity contribution in [1.82, 2.24) is 0 Å². The molecule has 246 valence electrons. The first-order valence-corrected chi connectivity index (χ1v) is 17.8. The topological polar surface area (TPSA) is 13.1 Å². The molecule has 53 heavy (non-hydrogen) atoms. The van der Waals surface area contributed by atoms with E-state index in [1.807, 2.05) is 103 Å². The van der Waals surface area contributed by atoms with E-state index in [2.05, 4.69) is 54.6 Å². The van der Waals surface area contributed by atoms with Gasteiger partial charge in [0.2, 0.25) is 0 Å². The average molecular weight is 679 g/mol. The summed E-state index contributed by atoms with van der Waals surface area (Å²) in [5.41, 5.74) is 6.98. The quantitative estimate of drug-likeness (QED) is 0.169. The van der Waals surface area contributed by atoms with Crippen LogP contribution in [0.1, 0.15) is 8.22 Å². The summed E-state index contributed by atoms with van der Waals surface area (Å²) < 4.78 is 63.4. The molecule has 10 aromatic carbocycles. The van der Waals surface area contributed by atoms with Gasteiger partial charge in [-0.1, -0.05) is 182 Å². The van der Waals surface area contributed by atoms with Crippen molar-refractivity contribution in [2.24, 2.45) is 0 Å². The van der Waals surface area contributed by atoms with E-state index < -0.39 is 12.1 Å². The highest BCUT2D eigenvalue weighted by atomic mass is 16.3. The van der Waals surface area contributed by atoms with Gasteiger partial charge in [-0.05, 0) is 94.2 Å². The Bertz CT molecular complexity index is 3510. The van der Waals surface area contributed by atoms with Crippen LogP contribution in [-0.4, -0.2) is 0 Å². The lowest BCUT2D eigenvalue weighted by Crippen LogP contribution is -1.92. The summed E-state index contributed by atoms with van der Waals surface area (Å²) in [6.07, 6.45) is 0. The van der Waals surface area contributed by atoms with Gasteiger partial charge < -0.3 is 4.42 Å². The Kier molecular flexibility index (Phi) is 5.40. The number of benzene rings is 10. The number of hydrogen-bond acceptors (Lipinski definition) is 1. The van der Waals surface area contributed by atoms with E-state index in [1.165, 1.54) is 0 Å². The second-order valence-corrected chi connectivity index (χ2v) is 13.5. The zero-order valence-corrected chi connectivity index (χ0v) is 28.4. The lowest BCUT2D eigenvalue weighted by atomic mass is 9.83. The summed E-state index contributed by atoms with van der Waals surface area (Å²) in [6.45, 7) is 0. The summed E-state index contributed by atoms with van der Waals surface area (Å²) in [6, 6.07) is 50.7. The van der Waals surface area contributed by atoms with E-state index in [-0.39, 0.29) is 40.5 Å². The molecule has 11 rings (SSSR count). The molecule has 0 aliphatic heterocycles. The summed E-state index contributed by atoms with van der Waals surface area (Å²) >= 11 is 0. The molecule has 0 saturated carbocycles. The van der Waals surface area contributed by atoms with Crippen LogP contribution in [0.2, 0.25) is 0 Å². The van der Waals surface area contributed by atoms with E-state index in [0.29, 0.717) is 33.2 Å². The molecule has 0 atom stereocenters. The number of furan rings is 1. The molecule has 0 bridgehead atoms. The highest BCUT2D eigenvalue weighted by Gasteiger charge is 2.21. The zero-order chi connectivity index (χ0) is 40.1. The number of fused-ring (bicyclic) bond motifs is 7. The van der Waals surface area contributed by atoms with Crippen molar-refractivity contribution in [3.63, 3.8) is 0 Å². The summed E-state index contributed by atoms with van der Waals surface area (Å²) in [5, 5.41) is 7.68. The van der Waals surface area contributed by atoms with Crippen LogP contribution < -0.4 is 0 Å². The Labute approximate surface area is 315 Å². The molecule has 0 aliphatic rings. The molecular weight excluding hydrogens is 641 g/mol. The third-order valence-electron chi connectivity index (χ3n) is 10.6. The maximum Gasteiger partial charge on any atom is 0.143 e. The molecule has 1 heterocycles. The third kappa shape index (κ3) is 4.58. The van der Waals surface area contributed by atoms with E-state index in [4.69, 9.17) is 7.16 Å². The van der Waals surface area contributed by atoms with E-state index in [1.54, 1.807) is 0 Å². The van der Waals surface area contributed by atoms with Crippen LogP contribution in [0.3, 0.4) is 0 Å². The highest BCUT2D eigenvalue weighted by molar-refractivity contribution is 6.25. The molecule has 0 aliphatic carbocycles. The van der Waals surface area contributed by atoms with E-state index in [0.717, 1.165) is 60.0 Å². The van der Waals surface area contributed by atoms with Gasteiger partial charge in [0.1, 0.15) is 11.2 Å². The van der Waals surface area contributed by atoms with Crippen molar-refractivity contribution < 1.29 is 12.6 Å². The molecular formula is C52H32O. The first-order valence-electron chi connectivity index (χ1n) is 20.8. The fourth-order valence-corrected chi connectivity index (χ4v) is 8.28. The van der Waals surface area contributed by atoms with E-state index >= 15 is 0 Å². The predicted octanol–water partition coefficient (Wildman–Crippen LogP) is 14.9. The Balaban J connectivity index is 1.26. The van der Waals surface area contributed by atoms with Crippen molar-refractivity contribution in [3.8, 4) is 44.5 Å². The third-order valence-corrected chi connectivity index (χ3v) is 10.6. The van der Waals surface area contributed by atoms with Crippen molar-refractivity contribution in [3.05, 3.63) is 194 Å². The van der Waals surface area contributed by atoms with Gasteiger partial charge in [-0.15, -0.1) is 0 Å². The van der Waals surface area contributed by atoms with Crippen molar-refractivity contribution in [1.29, 1.82) is 0 Å². The molecule has 0 unspecified atom stereocenters. The average Bonchev–Trinajstić information content (AvgIpc) is 3.67. The van der Waals surface area contributed by atoms with Crippen LogP contribution in [0.5, 0.6) is 0 Å². The first kappa shape index (κ1) is 24.3. The van der Waals surface area contributed by atoms with Gasteiger partial charge in [-0.3, -0.25) is 0 Å². The molecule has 0 amide bonds. The Morgan fingerprint density at radius 2 is 0.943 bits per heavy atom. The number of hydrogen-bond donors (Lipinski definition) is 0. The zero-order valence-electron chi connectivity index (χ0n) is 34.4. The van der Waals surface area contributed by atoms with Gasteiger partial charge in [0, 0.05) is 16.3 Å². The van der Waals surface area contributed by atoms with Crippen LogP contribution in [0, 0.1) is 0 Å². The maximum absolute atomic E-state index is 9.95. The second-order valence-electron chi connectivity index (χ2n) is 13.5. The molecule has 0 N–H and O–H groups in total. The lowest BCUT2D eigenvalue weighted by molar-refractivity contribution is 0.670. The molecule has 1 aromatic heterocycles. The lowest BCUT2D eigenvalue weighted by Gasteiger charge is -2.19. The summed E-state index contributed by atoms with van der Waals surface area (Å²) in [5.74, 6) is 0. The molecule has 0 saturated heterocycles. The van der Waals surface area contributed by atoms with Crippen LogP contribution in [0.4, 0.5) is 0 Å². The summed E-state index contributed by atoms with van der Waals surface area (Å²) in [4.78, 5) is 0. The van der Waals surface area contributed by atoms with Crippen LogP contribution >= 0.6 is 0 Å². The van der Waals surface area contributed by atoms with E-state index in [9.17, 15) is 5.48 Å². The SMILES string of the molecule is [2H]c1c([2H])c([2H])c2c(-c3cccc4oc5c(-c6ccc7ccccc7c6)cccc5c34)c([2H])c([2H])c(-c3c4ccccc4c(-c4ccccc4)c4ccccc34)c2c1[2H]. The Morgan fingerprint density at radius 3 is 1.70 bits per heavy atom. The minimum Gasteiger partial charge on any atom is -0.455 e. The van der Waals surface area contributed by atoms with Gasteiger partial charge in [-0.25, -0.2) is 0 Å². The highest BCUT2D eigenvalue weighted by Crippen LogP contribution is 2.48. The van der Waals surface area contributed by atoms with Crippen LogP contribution in [0.25, 0.3) is 110 Å². The van der Waals surface area contributed by atoms with Crippen LogP contribution in [0.15, 0.2) is 198 Å². The molecule has 0 fully saturated rings. The fourth-order valence-electron chi connectivity index (χ4n) is 8.28. The predicted molar refractivity (Wildman–Crippen MR) is 225 cm³/mol. The van der Waals surface area contributed by atoms with Gasteiger partial charge in [-0.2, -0.15) is 0 Å². The minimum absolute atomic E-state index is 0.123. The van der Waals surface area contributed by atoms with Crippen molar-refractivity contribution >= 4 is 65.0 Å². The fraction of sp³-hybridized carbons (Fsp3) is 0.